The molecule has 14 heavy (non-hydrogen) atoms. The number of hydrogen-bond donors (Lipinski definition) is 1. The Labute approximate surface area is 77.0 Å². The first kappa shape index (κ1) is 10.6. The van der Waals surface area contributed by atoms with Crippen LogP contribution in [0.2, 0.25) is 0 Å². The molecule has 0 aliphatic rings. The zero-order valence-corrected chi connectivity index (χ0v) is 6.90. The summed E-state index contributed by atoms with van der Waals surface area (Å²) in [6, 6.07) is -1.63. The van der Waals surface area contributed by atoms with Crippen molar-refractivity contribution in [3.63, 3.8) is 0 Å². The van der Waals surface area contributed by atoms with E-state index in [1.165, 1.54) is 0 Å². The molecule has 1 rings (SSSR count). The largest absolute Gasteiger partial charge is 0.481 e. The average Bonchev–Trinajstić information content (AvgIpc) is 2.46. The summed E-state index contributed by atoms with van der Waals surface area (Å²) in [7, 11) is 0. The second-order valence-corrected chi connectivity index (χ2v) is 2.64. The number of aliphatic carboxylic acids is 1. The first-order chi connectivity index (χ1) is 6.50. The molecule has 7 heteroatoms. The highest BCUT2D eigenvalue weighted by atomic mass is 19.3. The van der Waals surface area contributed by atoms with E-state index in [-0.39, 0.29) is 0 Å². The highest BCUT2D eigenvalue weighted by Gasteiger charge is 2.26. The second kappa shape index (κ2) is 4.12. The van der Waals surface area contributed by atoms with Gasteiger partial charge in [0.25, 0.3) is 6.43 Å². The molecule has 4 nitrogen and oxygen atoms in total. The monoisotopic (exact) mass is 208 g/mol. The molecular weight excluding hydrogens is 201 g/mol. The van der Waals surface area contributed by atoms with Gasteiger partial charge in [0.1, 0.15) is 6.04 Å². The average molecular weight is 208 g/mol. The van der Waals surface area contributed by atoms with Crippen molar-refractivity contribution in [3.05, 3.63) is 18.2 Å². The molecule has 0 aliphatic carbocycles. The van der Waals surface area contributed by atoms with Crippen molar-refractivity contribution >= 4 is 5.97 Å². The fourth-order valence-electron chi connectivity index (χ4n) is 0.973. The van der Waals surface area contributed by atoms with E-state index in [0.29, 0.717) is 4.68 Å². The van der Waals surface area contributed by atoms with Gasteiger partial charge in [-0.25, -0.2) is 13.2 Å². The summed E-state index contributed by atoms with van der Waals surface area (Å²) >= 11 is 0. The van der Waals surface area contributed by atoms with Gasteiger partial charge in [-0.1, -0.05) is 0 Å². The van der Waals surface area contributed by atoms with Crippen LogP contribution >= 0.6 is 0 Å². The molecule has 1 aromatic rings. The SMILES string of the molecule is O=C(O)CC(C(F)F)n1cc(F)cn1. The fraction of sp³-hybridized carbons (Fsp3) is 0.429. The normalized spacial score (nSPS) is 13.1. The van der Waals surface area contributed by atoms with Crippen molar-refractivity contribution in [2.24, 2.45) is 0 Å². The van der Waals surface area contributed by atoms with Crippen LogP contribution in [0.15, 0.2) is 12.4 Å². The lowest BCUT2D eigenvalue weighted by molar-refractivity contribution is -0.139. The second-order valence-electron chi connectivity index (χ2n) is 2.64. The number of rotatable bonds is 4. The molecule has 1 atom stereocenters. The van der Waals surface area contributed by atoms with Gasteiger partial charge in [-0.3, -0.25) is 9.48 Å². The van der Waals surface area contributed by atoms with Crippen LogP contribution in [0.3, 0.4) is 0 Å². The maximum Gasteiger partial charge on any atom is 0.305 e. The maximum absolute atomic E-state index is 12.4. The molecule has 1 N–H and O–H groups in total. The first-order valence-electron chi connectivity index (χ1n) is 3.70. The van der Waals surface area contributed by atoms with Gasteiger partial charge >= 0.3 is 5.97 Å². The van der Waals surface area contributed by atoms with E-state index in [2.05, 4.69) is 5.10 Å². The zero-order chi connectivity index (χ0) is 10.7. The van der Waals surface area contributed by atoms with Gasteiger partial charge in [-0.2, -0.15) is 5.10 Å². The third-order valence-corrected chi connectivity index (χ3v) is 1.58. The number of nitrogens with zero attached hydrogens (tertiary/aromatic N) is 2. The molecular formula is C7H7F3N2O2. The fourth-order valence-corrected chi connectivity index (χ4v) is 0.973. The van der Waals surface area contributed by atoms with Gasteiger partial charge in [0.2, 0.25) is 0 Å². The highest BCUT2D eigenvalue weighted by molar-refractivity contribution is 5.67. The van der Waals surface area contributed by atoms with Gasteiger partial charge in [0, 0.05) is 0 Å². The van der Waals surface area contributed by atoms with Crippen LogP contribution in [0.4, 0.5) is 13.2 Å². The molecule has 0 aliphatic heterocycles. The number of carboxylic acids is 1. The van der Waals surface area contributed by atoms with E-state index in [1.807, 2.05) is 0 Å². The van der Waals surface area contributed by atoms with E-state index < -0.39 is 30.7 Å². The van der Waals surface area contributed by atoms with Crippen molar-refractivity contribution in [2.45, 2.75) is 18.9 Å². The number of halogens is 3. The summed E-state index contributed by atoms with van der Waals surface area (Å²) in [5.41, 5.74) is 0. The zero-order valence-electron chi connectivity index (χ0n) is 6.90. The standard InChI is InChI=1S/C7H7F3N2O2/c8-4-2-11-12(3-4)5(7(9)10)1-6(13)14/h2-3,5,7H,1H2,(H,13,14). The van der Waals surface area contributed by atoms with Crippen LogP contribution in [0.1, 0.15) is 12.5 Å². The van der Waals surface area contributed by atoms with Gasteiger partial charge in [0.05, 0.1) is 18.8 Å². The molecule has 0 saturated heterocycles. The molecule has 0 radical (unpaired) electrons. The van der Waals surface area contributed by atoms with E-state index in [4.69, 9.17) is 5.11 Å². The summed E-state index contributed by atoms with van der Waals surface area (Å²) in [6.07, 6.45) is -2.21. The highest BCUT2D eigenvalue weighted by Crippen LogP contribution is 2.19. The number of aromatic nitrogens is 2. The molecule has 0 fully saturated rings. The van der Waals surface area contributed by atoms with Crippen LogP contribution in [-0.2, 0) is 4.79 Å². The minimum Gasteiger partial charge on any atom is -0.481 e. The van der Waals surface area contributed by atoms with Gasteiger partial charge in [-0.15, -0.1) is 0 Å². The maximum atomic E-state index is 12.4. The van der Waals surface area contributed by atoms with Gasteiger partial charge < -0.3 is 5.11 Å². The topological polar surface area (TPSA) is 55.1 Å². The van der Waals surface area contributed by atoms with Crippen molar-refractivity contribution in [1.29, 1.82) is 0 Å². The van der Waals surface area contributed by atoms with Gasteiger partial charge in [0.15, 0.2) is 5.82 Å². The molecule has 1 aromatic heterocycles. The minimum absolute atomic E-state index is 0.619. The van der Waals surface area contributed by atoms with Crippen molar-refractivity contribution < 1.29 is 23.1 Å². The molecule has 0 bridgehead atoms. The Hall–Kier alpha value is -1.53. The smallest absolute Gasteiger partial charge is 0.305 e. The first-order valence-corrected chi connectivity index (χ1v) is 3.70. The van der Waals surface area contributed by atoms with E-state index in [1.54, 1.807) is 0 Å². The summed E-state index contributed by atoms with van der Waals surface area (Å²) in [5, 5.41) is 11.6. The van der Waals surface area contributed by atoms with Crippen LogP contribution in [-0.4, -0.2) is 27.3 Å². The third-order valence-electron chi connectivity index (χ3n) is 1.58. The van der Waals surface area contributed by atoms with E-state index >= 15 is 0 Å². The molecule has 78 valence electrons. The van der Waals surface area contributed by atoms with Crippen LogP contribution in [0, 0.1) is 5.82 Å². The summed E-state index contributed by atoms with van der Waals surface area (Å²) < 4.78 is 37.6. The lowest BCUT2D eigenvalue weighted by Crippen LogP contribution is -2.21. The Morgan fingerprint density at radius 1 is 1.64 bits per heavy atom. The third kappa shape index (κ3) is 2.48. The number of hydrogen-bond acceptors (Lipinski definition) is 2. The summed E-state index contributed by atoms with van der Waals surface area (Å²) in [6.45, 7) is 0. The summed E-state index contributed by atoms with van der Waals surface area (Å²) in [4.78, 5) is 10.2. The van der Waals surface area contributed by atoms with Crippen molar-refractivity contribution in [2.75, 3.05) is 0 Å². The predicted octanol–water partition coefficient (Wildman–Crippen LogP) is 1.30. The Balaban J connectivity index is 2.82. The molecule has 1 heterocycles. The van der Waals surface area contributed by atoms with E-state index in [0.717, 1.165) is 12.4 Å². The van der Waals surface area contributed by atoms with Crippen molar-refractivity contribution in [1.82, 2.24) is 9.78 Å². The molecule has 0 amide bonds. The Kier molecular flexibility index (Phi) is 3.10. The van der Waals surface area contributed by atoms with Crippen molar-refractivity contribution in [3.8, 4) is 0 Å². The number of carbonyl (C=O) groups is 1. The lowest BCUT2D eigenvalue weighted by atomic mass is 10.2. The van der Waals surface area contributed by atoms with E-state index in [9.17, 15) is 18.0 Å². The van der Waals surface area contributed by atoms with Crippen LogP contribution < -0.4 is 0 Å². The van der Waals surface area contributed by atoms with Gasteiger partial charge in [-0.05, 0) is 0 Å². The summed E-state index contributed by atoms with van der Waals surface area (Å²) in [5.74, 6) is -2.16. The Bertz CT molecular complexity index is 326. The molecule has 0 aromatic carbocycles. The Morgan fingerprint density at radius 2 is 2.29 bits per heavy atom. The predicted molar refractivity (Wildman–Crippen MR) is 39.5 cm³/mol. The van der Waals surface area contributed by atoms with Crippen LogP contribution in [0.25, 0.3) is 0 Å². The minimum atomic E-state index is -2.90. The molecule has 0 spiro atoms. The lowest BCUT2D eigenvalue weighted by Gasteiger charge is -2.13. The number of alkyl halides is 2. The molecule has 1 unspecified atom stereocenters. The Morgan fingerprint density at radius 3 is 2.64 bits per heavy atom. The quantitative estimate of drug-likeness (QED) is 0.811. The number of carboxylic acid groups (broad SMARTS) is 1. The molecule has 0 saturated carbocycles. The van der Waals surface area contributed by atoms with Crippen LogP contribution in [0.5, 0.6) is 0 Å².